The summed E-state index contributed by atoms with van der Waals surface area (Å²) in [6.07, 6.45) is 5.99. The van der Waals surface area contributed by atoms with E-state index in [-0.39, 0.29) is 30.4 Å². The monoisotopic (exact) mass is 423 g/mol. The van der Waals surface area contributed by atoms with E-state index in [9.17, 15) is 9.59 Å². The Morgan fingerprint density at radius 2 is 1.94 bits per heavy atom. The van der Waals surface area contributed by atoms with Crippen molar-refractivity contribution in [1.29, 1.82) is 5.26 Å². The van der Waals surface area contributed by atoms with Crippen LogP contribution >= 0.6 is 0 Å². The van der Waals surface area contributed by atoms with Gasteiger partial charge in [0.15, 0.2) is 5.78 Å². The molecule has 4 rings (SSSR count). The van der Waals surface area contributed by atoms with Crippen molar-refractivity contribution in [2.75, 3.05) is 24.6 Å². The lowest BCUT2D eigenvalue weighted by molar-refractivity contribution is -0.149. The topological polar surface area (TPSA) is 113 Å². The minimum absolute atomic E-state index is 0.0430. The Labute approximate surface area is 182 Å². The summed E-state index contributed by atoms with van der Waals surface area (Å²) >= 11 is 0. The van der Waals surface area contributed by atoms with Crippen molar-refractivity contribution in [3.8, 4) is 6.07 Å². The number of allylic oxidation sites excluding steroid dienone is 1. The van der Waals surface area contributed by atoms with Gasteiger partial charge in [-0.05, 0) is 58.1 Å². The molecule has 0 aromatic carbocycles. The van der Waals surface area contributed by atoms with Crippen LogP contribution in [0.25, 0.3) is 0 Å². The lowest BCUT2D eigenvalue weighted by Crippen LogP contribution is -2.57. The van der Waals surface area contributed by atoms with Crippen LogP contribution in [0.3, 0.4) is 0 Å². The number of Topliss-reactive ketones (excluding diaryl/α,β-unsaturated/α-hetero) is 1. The number of ketones is 1. The number of hydrogen-bond acceptors (Lipinski definition) is 7. The van der Waals surface area contributed by atoms with Crippen molar-refractivity contribution in [2.45, 2.75) is 63.6 Å². The molecule has 1 amide bonds. The molecular weight excluding hydrogens is 394 g/mol. The van der Waals surface area contributed by atoms with Crippen LogP contribution in [0, 0.1) is 11.3 Å². The summed E-state index contributed by atoms with van der Waals surface area (Å²) in [5.74, 6) is 0.722. The molecule has 2 saturated heterocycles. The molecule has 2 N–H and O–H groups in total. The Morgan fingerprint density at radius 1 is 1.26 bits per heavy atom. The number of nitrogens with zero attached hydrogens (tertiary/aromatic N) is 4. The first kappa shape index (κ1) is 21.3. The van der Waals surface area contributed by atoms with Crippen LogP contribution in [-0.4, -0.2) is 59.0 Å². The zero-order valence-corrected chi connectivity index (χ0v) is 18.1. The number of amides is 1. The maximum Gasteiger partial charge on any atom is 0.248 e. The number of rotatable bonds is 6. The van der Waals surface area contributed by atoms with E-state index >= 15 is 0 Å². The van der Waals surface area contributed by atoms with Crippen LogP contribution in [0.15, 0.2) is 29.6 Å². The summed E-state index contributed by atoms with van der Waals surface area (Å²) in [5.41, 5.74) is 6.79. The summed E-state index contributed by atoms with van der Waals surface area (Å²) in [6.45, 7) is 4.43. The average molecular weight is 424 g/mol. The number of ether oxygens (including phenoxy) is 1. The standard InChI is InChI=1S/C23H29N5O3/c1-15(25)22(16(2)29)23(8-3-9-23)31-14-21(30)27-12-18-5-6-19(13-27)28(18)20-7-4-17(10-24)11-26-20/h4,7,11,18-19H,3,5-6,8-9,12-14,25H2,1-2H3. The molecule has 8 nitrogen and oxygen atoms in total. The first-order chi connectivity index (χ1) is 14.8. The average Bonchev–Trinajstić information content (AvgIpc) is 2.97. The van der Waals surface area contributed by atoms with Crippen LogP contribution in [0.2, 0.25) is 0 Å². The number of nitriles is 1. The lowest BCUT2D eigenvalue weighted by Gasteiger charge is -2.44. The highest BCUT2D eigenvalue weighted by molar-refractivity contribution is 5.96. The number of hydrogen-bond donors (Lipinski definition) is 1. The predicted octanol–water partition coefficient (Wildman–Crippen LogP) is 1.89. The molecule has 164 valence electrons. The molecule has 2 atom stereocenters. The number of pyridine rings is 1. The highest BCUT2D eigenvalue weighted by Crippen LogP contribution is 2.43. The van der Waals surface area contributed by atoms with Gasteiger partial charge in [0, 0.05) is 42.6 Å². The molecule has 0 radical (unpaired) electrons. The minimum atomic E-state index is -0.715. The SMILES string of the molecule is CC(=O)C(=C(C)N)C1(OCC(=O)N2CC3CCC(C2)N3c2ccc(C#N)cn2)CCC1. The Kier molecular flexibility index (Phi) is 5.71. The fourth-order valence-electron chi connectivity index (χ4n) is 5.30. The predicted molar refractivity (Wildman–Crippen MR) is 115 cm³/mol. The van der Waals surface area contributed by atoms with E-state index in [1.165, 1.54) is 6.92 Å². The fraction of sp³-hybridized carbons (Fsp3) is 0.565. The number of aromatic nitrogens is 1. The molecule has 3 aliphatic rings. The molecule has 1 aromatic heterocycles. The number of piperazine rings is 1. The molecule has 3 heterocycles. The maximum atomic E-state index is 13.0. The van der Waals surface area contributed by atoms with Gasteiger partial charge in [-0.2, -0.15) is 5.26 Å². The Hall–Kier alpha value is -2.92. The van der Waals surface area contributed by atoms with Crippen LogP contribution in [0.5, 0.6) is 0 Å². The smallest absolute Gasteiger partial charge is 0.248 e. The molecule has 1 aliphatic carbocycles. The van der Waals surface area contributed by atoms with Gasteiger partial charge < -0.3 is 20.3 Å². The van der Waals surface area contributed by atoms with Crippen molar-refractivity contribution in [1.82, 2.24) is 9.88 Å². The number of fused-ring (bicyclic) bond motifs is 2. The third-order valence-corrected chi connectivity index (χ3v) is 6.81. The highest BCUT2D eigenvalue weighted by Gasteiger charge is 2.46. The summed E-state index contributed by atoms with van der Waals surface area (Å²) in [7, 11) is 0. The highest BCUT2D eigenvalue weighted by atomic mass is 16.5. The first-order valence-electron chi connectivity index (χ1n) is 10.9. The van der Waals surface area contributed by atoms with Crippen molar-refractivity contribution in [3.05, 3.63) is 35.2 Å². The van der Waals surface area contributed by atoms with Gasteiger partial charge in [0.1, 0.15) is 18.5 Å². The molecule has 1 aromatic rings. The Bertz CT molecular complexity index is 927. The van der Waals surface area contributed by atoms with E-state index < -0.39 is 5.60 Å². The maximum absolute atomic E-state index is 13.0. The number of anilines is 1. The molecule has 0 spiro atoms. The minimum Gasteiger partial charge on any atom is -0.402 e. The second kappa shape index (κ2) is 8.31. The third-order valence-electron chi connectivity index (χ3n) is 6.81. The fourth-order valence-corrected chi connectivity index (χ4v) is 5.30. The van der Waals surface area contributed by atoms with Crippen LogP contribution in [-0.2, 0) is 14.3 Å². The zero-order valence-electron chi connectivity index (χ0n) is 18.1. The van der Waals surface area contributed by atoms with E-state index in [1.807, 2.05) is 11.0 Å². The molecule has 2 unspecified atom stereocenters. The molecule has 3 fully saturated rings. The molecule has 2 aliphatic heterocycles. The van der Waals surface area contributed by atoms with Gasteiger partial charge in [0.05, 0.1) is 11.2 Å². The van der Waals surface area contributed by atoms with Crippen molar-refractivity contribution < 1.29 is 14.3 Å². The van der Waals surface area contributed by atoms with Gasteiger partial charge >= 0.3 is 0 Å². The van der Waals surface area contributed by atoms with Gasteiger partial charge in [-0.3, -0.25) is 9.59 Å². The summed E-state index contributed by atoms with van der Waals surface area (Å²) in [5, 5.41) is 8.99. The largest absolute Gasteiger partial charge is 0.402 e. The first-order valence-corrected chi connectivity index (χ1v) is 10.9. The summed E-state index contributed by atoms with van der Waals surface area (Å²) in [4.78, 5) is 33.7. The molecule has 31 heavy (non-hydrogen) atoms. The van der Waals surface area contributed by atoms with Crippen LogP contribution in [0.4, 0.5) is 5.82 Å². The lowest BCUT2D eigenvalue weighted by atomic mass is 9.72. The second-order valence-corrected chi connectivity index (χ2v) is 8.86. The Balaban J connectivity index is 1.41. The zero-order chi connectivity index (χ0) is 22.2. The van der Waals surface area contributed by atoms with Gasteiger partial charge in [-0.1, -0.05) is 0 Å². The summed E-state index contributed by atoms with van der Waals surface area (Å²) in [6, 6.07) is 6.18. The van der Waals surface area contributed by atoms with Crippen molar-refractivity contribution in [2.24, 2.45) is 5.73 Å². The second-order valence-electron chi connectivity index (χ2n) is 8.86. The Morgan fingerprint density at radius 3 is 2.39 bits per heavy atom. The molecule has 1 saturated carbocycles. The van der Waals surface area contributed by atoms with Gasteiger partial charge in [-0.15, -0.1) is 0 Å². The normalized spacial score (nSPS) is 24.8. The quantitative estimate of drug-likeness (QED) is 0.695. The molecule has 2 bridgehead atoms. The van der Waals surface area contributed by atoms with E-state index in [4.69, 9.17) is 15.7 Å². The number of likely N-dealkylation sites (tertiary alicyclic amines) is 1. The van der Waals surface area contributed by atoms with E-state index in [0.29, 0.717) is 42.8 Å². The third kappa shape index (κ3) is 3.90. The number of carbonyl (C=O) groups excluding carboxylic acids is 2. The van der Waals surface area contributed by atoms with Gasteiger partial charge in [0.25, 0.3) is 0 Å². The van der Waals surface area contributed by atoms with Crippen LogP contribution < -0.4 is 10.6 Å². The number of nitrogens with two attached hydrogens (primary N) is 1. The van der Waals surface area contributed by atoms with E-state index in [0.717, 1.165) is 25.1 Å². The van der Waals surface area contributed by atoms with Gasteiger partial charge in [0.2, 0.25) is 5.91 Å². The molecular formula is C23H29N5O3. The number of carbonyl (C=O) groups is 2. The van der Waals surface area contributed by atoms with E-state index in [2.05, 4.69) is 16.0 Å². The van der Waals surface area contributed by atoms with Crippen molar-refractivity contribution >= 4 is 17.5 Å². The van der Waals surface area contributed by atoms with Crippen LogP contribution in [0.1, 0.15) is 51.5 Å². The van der Waals surface area contributed by atoms with Crippen molar-refractivity contribution in [3.63, 3.8) is 0 Å². The van der Waals surface area contributed by atoms with E-state index in [1.54, 1.807) is 19.2 Å². The van der Waals surface area contributed by atoms with Gasteiger partial charge in [-0.25, -0.2) is 4.98 Å². The summed E-state index contributed by atoms with van der Waals surface area (Å²) < 4.78 is 6.09. The molecule has 8 heteroatoms.